The van der Waals surface area contributed by atoms with Gasteiger partial charge in [0.2, 0.25) is 12.2 Å². The maximum atomic E-state index is 6.34. The van der Waals surface area contributed by atoms with E-state index in [9.17, 15) is 0 Å². The molecular weight excluding hydrogens is 410 g/mol. The topological polar surface area (TPSA) is 92.6 Å². The summed E-state index contributed by atoms with van der Waals surface area (Å²) in [5, 5.41) is 3.91. The van der Waals surface area contributed by atoms with Crippen molar-refractivity contribution in [1.29, 1.82) is 0 Å². The third kappa shape index (κ3) is 3.22. The number of rotatable bonds is 6. The van der Waals surface area contributed by atoms with Crippen LogP contribution >= 0.6 is 0 Å². The number of aromatic nitrogens is 3. The predicted octanol–water partition coefficient (Wildman–Crippen LogP) is 5.24. The number of hydrogen-bond donors (Lipinski definition) is 0. The Morgan fingerprint density at radius 3 is 2.25 bits per heavy atom. The summed E-state index contributed by atoms with van der Waals surface area (Å²) >= 11 is 0. The highest BCUT2D eigenvalue weighted by molar-refractivity contribution is 5.96. The Morgan fingerprint density at radius 1 is 0.781 bits per heavy atom. The normalized spacial score (nSPS) is 11.0. The van der Waals surface area contributed by atoms with Crippen molar-refractivity contribution >= 4 is 11.1 Å². The summed E-state index contributed by atoms with van der Waals surface area (Å²) < 4.78 is 28.0. The minimum Gasteiger partial charge on any atom is -0.496 e. The average molecular weight is 429 g/mol. The van der Waals surface area contributed by atoms with Crippen LogP contribution in [0, 0.1) is 0 Å². The van der Waals surface area contributed by atoms with Gasteiger partial charge < -0.3 is 23.2 Å². The zero-order chi connectivity index (χ0) is 22.1. The number of furan rings is 1. The minimum atomic E-state index is 0.475. The van der Waals surface area contributed by atoms with Crippen LogP contribution in [0.1, 0.15) is 0 Å². The molecule has 32 heavy (non-hydrogen) atoms. The second-order valence-corrected chi connectivity index (χ2v) is 6.89. The van der Waals surface area contributed by atoms with E-state index in [1.165, 1.54) is 6.39 Å². The van der Waals surface area contributed by atoms with Crippen LogP contribution in [-0.2, 0) is 0 Å². The van der Waals surface area contributed by atoms with E-state index in [1.807, 2.05) is 48.5 Å². The van der Waals surface area contributed by atoms with Crippen molar-refractivity contribution in [2.45, 2.75) is 0 Å². The van der Waals surface area contributed by atoms with Crippen molar-refractivity contribution in [2.24, 2.45) is 0 Å². The van der Waals surface area contributed by atoms with E-state index < -0.39 is 0 Å². The average Bonchev–Trinajstić information content (AvgIpc) is 3.53. The highest BCUT2D eigenvalue weighted by Crippen LogP contribution is 2.43. The summed E-state index contributed by atoms with van der Waals surface area (Å²) in [4.78, 5) is 8.62. The lowest BCUT2D eigenvalue weighted by Crippen LogP contribution is -1.93. The molecule has 0 saturated carbocycles. The van der Waals surface area contributed by atoms with E-state index in [0.717, 1.165) is 22.3 Å². The van der Waals surface area contributed by atoms with E-state index in [2.05, 4.69) is 15.1 Å². The van der Waals surface area contributed by atoms with Gasteiger partial charge in [0, 0.05) is 23.4 Å². The van der Waals surface area contributed by atoms with Crippen LogP contribution in [0.25, 0.3) is 44.9 Å². The fraction of sp³-hybridized carbons (Fsp3) is 0.125. The van der Waals surface area contributed by atoms with Crippen molar-refractivity contribution in [3.63, 3.8) is 0 Å². The van der Waals surface area contributed by atoms with Crippen molar-refractivity contribution in [3.05, 3.63) is 61.1 Å². The van der Waals surface area contributed by atoms with Crippen LogP contribution in [0.3, 0.4) is 0 Å². The van der Waals surface area contributed by atoms with Gasteiger partial charge in [-0.25, -0.2) is 0 Å². The molecule has 0 bridgehead atoms. The Hall–Kier alpha value is -4.33. The molecule has 0 aliphatic rings. The maximum Gasteiger partial charge on any atom is 0.214 e. The van der Waals surface area contributed by atoms with E-state index in [-0.39, 0.29) is 0 Å². The summed E-state index contributed by atoms with van der Waals surface area (Å²) in [5.74, 6) is 3.06. The molecule has 0 amide bonds. The first-order valence-electron chi connectivity index (χ1n) is 9.78. The van der Waals surface area contributed by atoms with Crippen molar-refractivity contribution in [2.75, 3.05) is 21.3 Å². The maximum absolute atomic E-state index is 6.34. The Bertz CT molecular complexity index is 1370. The first-order valence-corrected chi connectivity index (χ1v) is 9.78. The van der Waals surface area contributed by atoms with Crippen LogP contribution in [0.4, 0.5) is 0 Å². The first kappa shape index (κ1) is 19.6. The van der Waals surface area contributed by atoms with Gasteiger partial charge in [-0.15, -0.1) is 0 Å². The molecule has 8 heteroatoms. The van der Waals surface area contributed by atoms with Gasteiger partial charge in [-0.1, -0.05) is 11.2 Å². The molecule has 5 rings (SSSR count). The zero-order valence-electron chi connectivity index (χ0n) is 17.7. The monoisotopic (exact) mass is 429 g/mol. The number of benzene rings is 2. The van der Waals surface area contributed by atoms with Gasteiger partial charge in [0.1, 0.15) is 28.5 Å². The Balaban J connectivity index is 1.71. The Labute approximate surface area is 183 Å². The molecule has 5 aromatic rings. The quantitative estimate of drug-likeness (QED) is 0.362. The molecular formula is C24H19N3O5. The first-order chi connectivity index (χ1) is 15.7. The molecule has 0 aliphatic carbocycles. The number of pyridine rings is 1. The summed E-state index contributed by atoms with van der Waals surface area (Å²) in [6.45, 7) is 0. The number of fused-ring (bicyclic) bond motifs is 1. The third-order valence-corrected chi connectivity index (χ3v) is 5.19. The molecule has 8 nitrogen and oxygen atoms in total. The highest BCUT2D eigenvalue weighted by Gasteiger charge is 2.20. The second-order valence-electron chi connectivity index (χ2n) is 6.89. The minimum absolute atomic E-state index is 0.475. The van der Waals surface area contributed by atoms with Crippen LogP contribution in [0.5, 0.6) is 17.2 Å². The molecule has 160 valence electrons. The van der Waals surface area contributed by atoms with Gasteiger partial charge in [-0.2, -0.15) is 4.98 Å². The lowest BCUT2D eigenvalue weighted by Gasteiger charge is -2.13. The molecule has 0 saturated heterocycles. The van der Waals surface area contributed by atoms with E-state index in [0.29, 0.717) is 39.9 Å². The molecule has 0 atom stereocenters. The third-order valence-electron chi connectivity index (χ3n) is 5.19. The summed E-state index contributed by atoms with van der Waals surface area (Å²) in [6.07, 6.45) is 3.02. The number of nitrogens with zero attached hydrogens (tertiary/aromatic N) is 3. The summed E-state index contributed by atoms with van der Waals surface area (Å²) in [5.41, 5.74) is 4.41. The molecule has 0 spiro atoms. The van der Waals surface area contributed by atoms with E-state index >= 15 is 0 Å². The van der Waals surface area contributed by atoms with Crippen molar-refractivity contribution < 1.29 is 23.2 Å². The summed E-state index contributed by atoms with van der Waals surface area (Å²) in [6, 6.07) is 15.0. The second kappa shape index (κ2) is 8.07. The fourth-order valence-corrected chi connectivity index (χ4v) is 3.72. The van der Waals surface area contributed by atoms with Crippen LogP contribution in [-0.4, -0.2) is 36.5 Å². The molecule has 0 fully saturated rings. The largest absolute Gasteiger partial charge is 0.496 e. The predicted molar refractivity (Wildman–Crippen MR) is 118 cm³/mol. The molecule has 0 aliphatic heterocycles. The molecule has 2 aromatic carbocycles. The molecule has 0 unspecified atom stereocenters. The van der Waals surface area contributed by atoms with Crippen LogP contribution in [0.15, 0.2) is 70.1 Å². The lowest BCUT2D eigenvalue weighted by atomic mass is 10.0. The van der Waals surface area contributed by atoms with Crippen LogP contribution < -0.4 is 14.2 Å². The van der Waals surface area contributed by atoms with Gasteiger partial charge in [0.15, 0.2) is 5.58 Å². The number of ether oxygens (including phenoxy) is 3. The Morgan fingerprint density at radius 2 is 1.56 bits per heavy atom. The molecule has 0 radical (unpaired) electrons. The van der Waals surface area contributed by atoms with Gasteiger partial charge >= 0.3 is 0 Å². The molecule has 3 aromatic heterocycles. The summed E-state index contributed by atoms with van der Waals surface area (Å²) in [7, 11) is 4.86. The molecule has 3 heterocycles. The van der Waals surface area contributed by atoms with Gasteiger partial charge in [-0.3, -0.25) is 4.98 Å². The Kier molecular flexibility index (Phi) is 4.95. The lowest BCUT2D eigenvalue weighted by molar-refractivity contribution is 0.397. The fourth-order valence-electron chi connectivity index (χ4n) is 3.72. The van der Waals surface area contributed by atoms with E-state index in [1.54, 1.807) is 27.5 Å². The van der Waals surface area contributed by atoms with Gasteiger partial charge in [0.25, 0.3) is 0 Å². The standard InChI is InChI=1S/C24H19N3O5/c1-28-18-8-7-14(24-26-13-31-27-24)11-16(18)21-12-17-23(32-21)15(9-10-25-17)22-19(29-2)5-4-6-20(22)30-3/h4-13H,1-3H3. The smallest absolute Gasteiger partial charge is 0.214 e. The zero-order valence-corrected chi connectivity index (χ0v) is 17.7. The van der Waals surface area contributed by atoms with E-state index in [4.69, 9.17) is 23.2 Å². The SMILES string of the molecule is COc1ccc(-c2ncon2)cc1-c1cc2nccc(-c3c(OC)cccc3OC)c2o1. The van der Waals surface area contributed by atoms with Crippen LogP contribution in [0.2, 0.25) is 0 Å². The van der Waals surface area contributed by atoms with Gasteiger partial charge in [0.05, 0.1) is 32.5 Å². The van der Waals surface area contributed by atoms with Crippen molar-refractivity contribution in [1.82, 2.24) is 15.1 Å². The number of hydrogen-bond acceptors (Lipinski definition) is 8. The molecule has 0 N–H and O–H groups in total. The number of methoxy groups -OCH3 is 3. The van der Waals surface area contributed by atoms with Crippen molar-refractivity contribution in [3.8, 4) is 51.1 Å². The highest BCUT2D eigenvalue weighted by atomic mass is 16.5. The van der Waals surface area contributed by atoms with Gasteiger partial charge in [-0.05, 0) is 36.4 Å².